The molecule has 2 nitrogen and oxygen atoms in total. The zero-order valence-corrected chi connectivity index (χ0v) is 11.3. The van der Waals surface area contributed by atoms with E-state index in [9.17, 15) is 8.78 Å². The summed E-state index contributed by atoms with van der Waals surface area (Å²) in [6.45, 7) is 5.89. The van der Waals surface area contributed by atoms with E-state index in [1.165, 1.54) is 6.07 Å². The smallest absolute Gasteiger partial charge is 0.305 e. The summed E-state index contributed by atoms with van der Waals surface area (Å²) in [5, 5.41) is 0. The molecule has 0 saturated carbocycles. The van der Waals surface area contributed by atoms with E-state index >= 15 is 0 Å². The zero-order chi connectivity index (χ0) is 13.7. The van der Waals surface area contributed by atoms with Gasteiger partial charge in [-0.25, -0.2) is 0 Å². The molecule has 0 bridgehead atoms. The molecule has 1 fully saturated rings. The zero-order valence-electron chi connectivity index (χ0n) is 11.3. The molecule has 0 unspecified atom stereocenters. The molecule has 3 rings (SSSR count). The van der Waals surface area contributed by atoms with Crippen LogP contribution in [0.15, 0.2) is 24.3 Å². The molecule has 1 aromatic rings. The molecule has 0 amide bonds. The lowest BCUT2D eigenvalue weighted by Crippen LogP contribution is -2.45. The maximum atomic E-state index is 14.0. The van der Waals surface area contributed by atoms with E-state index in [0.717, 1.165) is 13.1 Å². The summed E-state index contributed by atoms with van der Waals surface area (Å²) in [4.78, 5) is 2.31. The SMILES string of the molecule is CC(C)N1CCC2(CC1)OC(F)(F)c1ccccc12. The van der Waals surface area contributed by atoms with Crippen molar-refractivity contribution in [2.75, 3.05) is 13.1 Å². The second-order valence-corrected chi connectivity index (χ2v) is 5.79. The van der Waals surface area contributed by atoms with Crippen LogP contribution in [0.4, 0.5) is 8.78 Å². The second kappa shape index (κ2) is 4.25. The van der Waals surface area contributed by atoms with Crippen LogP contribution in [-0.4, -0.2) is 24.0 Å². The molecule has 2 aliphatic heterocycles. The van der Waals surface area contributed by atoms with E-state index in [4.69, 9.17) is 4.74 Å². The van der Waals surface area contributed by atoms with E-state index in [-0.39, 0.29) is 5.56 Å². The molecule has 0 atom stereocenters. The van der Waals surface area contributed by atoms with E-state index in [0.29, 0.717) is 24.4 Å². The van der Waals surface area contributed by atoms with Gasteiger partial charge in [-0.3, -0.25) is 0 Å². The molecule has 1 aromatic carbocycles. The van der Waals surface area contributed by atoms with Crippen molar-refractivity contribution in [3.8, 4) is 0 Å². The summed E-state index contributed by atoms with van der Waals surface area (Å²) < 4.78 is 33.2. The van der Waals surface area contributed by atoms with E-state index in [2.05, 4.69) is 18.7 Å². The van der Waals surface area contributed by atoms with Gasteiger partial charge in [-0.15, -0.1) is 0 Å². The topological polar surface area (TPSA) is 12.5 Å². The summed E-state index contributed by atoms with van der Waals surface area (Å²) >= 11 is 0. The van der Waals surface area contributed by atoms with Gasteiger partial charge in [0, 0.05) is 19.1 Å². The van der Waals surface area contributed by atoms with Crippen molar-refractivity contribution in [3.63, 3.8) is 0 Å². The third kappa shape index (κ3) is 1.98. The number of ether oxygens (including phenoxy) is 1. The number of alkyl halides is 2. The standard InChI is InChI=1S/C15H19F2NO/c1-11(2)18-9-7-14(8-10-18)12-5-3-4-6-13(12)15(16,17)19-14/h3-6,11H,7-10H2,1-2H3. The quantitative estimate of drug-likeness (QED) is 0.772. The monoisotopic (exact) mass is 267 g/mol. The van der Waals surface area contributed by atoms with Crippen molar-refractivity contribution >= 4 is 0 Å². The number of hydrogen-bond acceptors (Lipinski definition) is 2. The van der Waals surface area contributed by atoms with Gasteiger partial charge in [0.25, 0.3) is 0 Å². The highest BCUT2D eigenvalue weighted by Gasteiger charge is 2.55. The molecule has 0 N–H and O–H groups in total. The molecular formula is C15H19F2NO. The van der Waals surface area contributed by atoms with E-state index in [1.807, 2.05) is 6.07 Å². The van der Waals surface area contributed by atoms with Crippen LogP contribution in [-0.2, 0) is 16.4 Å². The Kier molecular flexibility index (Phi) is 2.91. The first kappa shape index (κ1) is 13.0. The number of piperidine rings is 1. The molecule has 2 heterocycles. The first-order valence-electron chi connectivity index (χ1n) is 6.87. The predicted molar refractivity (Wildman–Crippen MR) is 69.0 cm³/mol. The number of likely N-dealkylation sites (tertiary alicyclic amines) is 1. The van der Waals surface area contributed by atoms with Crippen molar-refractivity contribution in [3.05, 3.63) is 35.4 Å². The van der Waals surface area contributed by atoms with Crippen LogP contribution in [0.5, 0.6) is 0 Å². The minimum absolute atomic E-state index is 0.0491. The molecule has 19 heavy (non-hydrogen) atoms. The van der Waals surface area contributed by atoms with Crippen molar-refractivity contribution < 1.29 is 13.5 Å². The third-order valence-corrected chi connectivity index (χ3v) is 4.39. The van der Waals surface area contributed by atoms with Crippen LogP contribution < -0.4 is 0 Å². The van der Waals surface area contributed by atoms with E-state index in [1.54, 1.807) is 12.1 Å². The van der Waals surface area contributed by atoms with Gasteiger partial charge in [-0.1, -0.05) is 18.2 Å². The van der Waals surface area contributed by atoms with Gasteiger partial charge in [-0.2, -0.15) is 8.78 Å². The maximum absolute atomic E-state index is 14.0. The average Bonchev–Trinajstić information content (AvgIpc) is 2.59. The van der Waals surface area contributed by atoms with Crippen LogP contribution >= 0.6 is 0 Å². The number of hydrogen-bond donors (Lipinski definition) is 0. The average molecular weight is 267 g/mol. The maximum Gasteiger partial charge on any atom is 0.384 e. The molecule has 0 radical (unpaired) electrons. The molecule has 0 aromatic heterocycles. The Morgan fingerprint density at radius 1 is 1.11 bits per heavy atom. The lowest BCUT2D eigenvalue weighted by atomic mass is 9.83. The molecule has 1 spiro atoms. The Bertz CT molecular complexity index is 479. The van der Waals surface area contributed by atoms with Crippen molar-refractivity contribution in [2.24, 2.45) is 0 Å². The largest absolute Gasteiger partial charge is 0.384 e. The van der Waals surface area contributed by atoms with Crippen LogP contribution in [0.3, 0.4) is 0 Å². The van der Waals surface area contributed by atoms with Crippen LogP contribution in [0, 0.1) is 0 Å². The highest BCUT2D eigenvalue weighted by atomic mass is 19.3. The fraction of sp³-hybridized carbons (Fsp3) is 0.600. The van der Waals surface area contributed by atoms with Crippen LogP contribution in [0.1, 0.15) is 37.8 Å². The van der Waals surface area contributed by atoms with Crippen molar-refractivity contribution in [1.82, 2.24) is 4.90 Å². The predicted octanol–water partition coefficient (Wildman–Crippen LogP) is 3.47. The highest BCUT2D eigenvalue weighted by molar-refractivity contribution is 5.39. The summed E-state index contributed by atoms with van der Waals surface area (Å²) in [5.74, 6) is 0. The Morgan fingerprint density at radius 3 is 2.26 bits per heavy atom. The van der Waals surface area contributed by atoms with Gasteiger partial charge in [0.15, 0.2) is 0 Å². The molecule has 1 saturated heterocycles. The summed E-state index contributed by atoms with van der Waals surface area (Å²) in [6, 6.07) is 7.20. The normalized spacial score (nSPS) is 24.9. The first-order valence-corrected chi connectivity index (χ1v) is 6.87. The number of halogens is 2. The van der Waals surface area contributed by atoms with Gasteiger partial charge < -0.3 is 9.64 Å². The number of benzene rings is 1. The van der Waals surface area contributed by atoms with Crippen LogP contribution in [0.2, 0.25) is 0 Å². The second-order valence-electron chi connectivity index (χ2n) is 5.79. The number of nitrogens with zero attached hydrogens (tertiary/aromatic N) is 1. The summed E-state index contributed by atoms with van der Waals surface area (Å²) in [5.41, 5.74) is -0.0534. The van der Waals surface area contributed by atoms with Gasteiger partial charge in [0.1, 0.15) is 5.60 Å². The Labute approximate surface area is 112 Å². The lowest BCUT2D eigenvalue weighted by molar-refractivity contribution is -0.297. The number of rotatable bonds is 1. The Hall–Kier alpha value is -1.00. The fourth-order valence-electron chi connectivity index (χ4n) is 3.26. The lowest BCUT2D eigenvalue weighted by Gasteiger charge is -2.40. The van der Waals surface area contributed by atoms with Crippen LogP contribution in [0.25, 0.3) is 0 Å². The minimum Gasteiger partial charge on any atom is -0.305 e. The molecule has 2 aliphatic rings. The first-order chi connectivity index (χ1) is 8.95. The Balaban J connectivity index is 1.92. The van der Waals surface area contributed by atoms with Gasteiger partial charge in [0.2, 0.25) is 0 Å². The van der Waals surface area contributed by atoms with Gasteiger partial charge >= 0.3 is 6.11 Å². The van der Waals surface area contributed by atoms with Crippen molar-refractivity contribution in [1.29, 1.82) is 0 Å². The molecule has 104 valence electrons. The minimum atomic E-state index is -3.14. The fourth-order valence-corrected chi connectivity index (χ4v) is 3.26. The third-order valence-electron chi connectivity index (χ3n) is 4.39. The molecule has 0 aliphatic carbocycles. The highest BCUT2D eigenvalue weighted by Crippen LogP contribution is 2.53. The molecular weight excluding hydrogens is 248 g/mol. The molecule has 4 heteroatoms. The van der Waals surface area contributed by atoms with Gasteiger partial charge in [0.05, 0.1) is 5.56 Å². The van der Waals surface area contributed by atoms with Crippen molar-refractivity contribution in [2.45, 2.75) is 44.4 Å². The Morgan fingerprint density at radius 2 is 1.68 bits per heavy atom. The number of fused-ring (bicyclic) bond motifs is 2. The summed E-state index contributed by atoms with van der Waals surface area (Å²) in [6.07, 6.45) is -1.87. The van der Waals surface area contributed by atoms with E-state index < -0.39 is 11.7 Å². The summed E-state index contributed by atoms with van der Waals surface area (Å²) in [7, 11) is 0. The van der Waals surface area contributed by atoms with Gasteiger partial charge in [-0.05, 0) is 38.3 Å².